The molecule has 2 amide bonds. The third kappa shape index (κ3) is 3.78. The average molecular weight is 429 g/mol. The van der Waals surface area contributed by atoms with Crippen molar-refractivity contribution in [2.75, 3.05) is 31.5 Å². The summed E-state index contributed by atoms with van der Waals surface area (Å²) >= 11 is 0. The fraction of sp³-hybridized carbons (Fsp3) is 0.333. The first-order chi connectivity index (χ1) is 14.3. The molecule has 2 aliphatic rings. The average Bonchev–Trinajstić information content (AvgIpc) is 2.74. The van der Waals surface area contributed by atoms with Gasteiger partial charge in [-0.05, 0) is 44.2 Å². The van der Waals surface area contributed by atoms with Crippen molar-refractivity contribution >= 4 is 27.5 Å². The lowest BCUT2D eigenvalue weighted by molar-refractivity contribution is -0.122. The molecule has 30 heavy (non-hydrogen) atoms. The summed E-state index contributed by atoms with van der Waals surface area (Å²) in [6.45, 7) is 4.62. The van der Waals surface area contributed by atoms with Gasteiger partial charge in [0.15, 0.2) is 6.10 Å². The van der Waals surface area contributed by atoms with Crippen LogP contribution in [0.25, 0.3) is 0 Å². The van der Waals surface area contributed by atoms with Crippen LogP contribution in [0.2, 0.25) is 0 Å². The Balaban J connectivity index is 1.46. The number of fused-ring (bicyclic) bond motifs is 1. The highest BCUT2D eigenvalue weighted by Gasteiger charge is 2.32. The number of rotatable bonds is 3. The van der Waals surface area contributed by atoms with Gasteiger partial charge in [0.05, 0.1) is 10.6 Å². The molecule has 0 aromatic heterocycles. The maximum Gasteiger partial charge on any atom is 0.265 e. The van der Waals surface area contributed by atoms with E-state index in [0.29, 0.717) is 30.1 Å². The summed E-state index contributed by atoms with van der Waals surface area (Å²) in [5.41, 5.74) is 2.01. The van der Waals surface area contributed by atoms with Gasteiger partial charge in [0.1, 0.15) is 5.75 Å². The molecular weight excluding hydrogens is 406 g/mol. The number of hydrogen-bond donors (Lipinski definition) is 1. The number of nitrogens with zero attached hydrogens (tertiary/aromatic N) is 2. The lowest BCUT2D eigenvalue weighted by atomic mass is 10.1. The first-order valence-electron chi connectivity index (χ1n) is 9.73. The minimum atomic E-state index is -3.76. The van der Waals surface area contributed by atoms with Gasteiger partial charge in [-0.1, -0.05) is 17.7 Å². The van der Waals surface area contributed by atoms with Crippen LogP contribution in [0.15, 0.2) is 47.4 Å². The van der Waals surface area contributed by atoms with E-state index >= 15 is 0 Å². The standard InChI is InChI=1S/C21H23N3O5S/c1-14-3-5-16(6-4-14)21(26)23-9-11-24(12-10-23)30(27,28)17-7-8-19-18(13-17)22-20(25)15(2)29-19/h3-8,13,15H,9-12H2,1-2H3,(H,22,25)/t15-/m1/s1. The predicted molar refractivity (Wildman–Crippen MR) is 111 cm³/mol. The van der Waals surface area contributed by atoms with E-state index in [1.54, 1.807) is 30.0 Å². The molecule has 8 nitrogen and oxygen atoms in total. The fourth-order valence-corrected chi connectivity index (χ4v) is 4.96. The monoisotopic (exact) mass is 429 g/mol. The number of anilines is 1. The molecule has 0 unspecified atom stereocenters. The summed E-state index contributed by atoms with van der Waals surface area (Å²) < 4.78 is 33.0. The molecular formula is C21H23N3O5S. The van der Waals surface area contributed by atoms with Gasteiger partial charge in [-0.3, -0.25) is 9.59 Å². The van der Waals surface area contributed by atoms with E-state index in [1.165, 1.54) is 16.4 Å². The summed E-state index contributed by atoms with van der Waals surface area (Å²) in [5, 5.41) is 2.67. The van der Waals surface area contributed by atoms with Crippen LogP contribution in [-0.4, -0.2) is 61.7 Å². The Labute approximate surface area is 175 Å². The summed E-state index contributed by atoms with van der Waals surface area (Å²) in [6.07, 6.45) is -0.626. The maximum absolute atomic E-state index is 13.1. The van der Waals surface area contributed by atoms with E-state index in [1.807, 2.05) is 19.1 Å². The zero-order valence-corrected chi connectivity index (χ0v) is 17.6. The van der Waals surface area contributed by atoms with E-state index < -0.39 is 16.1 Å². The Kier molecular flexibility index (Phi) is 5.25. The van der Waals surface area contributed by atoms with Crippen molar-refractivity contribution in [2.45, 2.75) is 24.8 Å². The number of amides is 2. The van der Waals surface area contributed by atoms with Gasteiger partial charge in [-0.25, -0.2) is 8.42 Å². The molecule has 158 valence electrons. The van der Waals surface area contributed by atoms with Crippen LogP contribution in [-0.2, 0) is 14.8 Å². The molecule has 2 heterocycles. The fourth-order valence-electron chi connectivity index (χ4n) is 3.51. The zero-order chi connectivity index (χ0) is 21.5. The van der Waals surface area contributed by atoms with Crippen molar-refractivity contribution in [1.29, 1.82) is 0 Å². The molecule has 0 saturated carbocycles. The van der Waals surface area contributed by atoms with E-state index in [0.717, 1.165) is 5.56 Å². The third-order valence-corrected chi connectivity index (χ3v) is 7.24. The summed E-state index contributed by atoms with van der Waals surface area (Å²) in [5.74, 6) is 0.0182. The first kappa shape index (κ1) is 20.4. The number of sulfonamides is 1. The largest absolute Gasteiger partial charge is 0.479 e. The van der Waals surface area contributed by atoms with Crippen LogP contribution >= 0.6 is 0 Å². The second kappa shape index (κ2) is 7.73. The van der Waals surface area contributed by atoms with Crippen LogP contribution in [0.3, 0.4) is 0 Å². The summed E-state index contributed by atoms with van der Waals surface area (Å²) in [7, 11) is -3.76. The predicted octanol–water partition coefficient (Wildman–Crippen LogP) is 1.86. The molecule has 0 bridgehead atoms. The van der Waals surface area contributed by atoms with Gasteiger partial charge in [0.2, 0.25) is 10.0 Å². The lowest BCUT2D eigenvalue weighted by Crippen LogP contribution is -2.50. The second-order valence-electron chi connectivity index (χ2n) is 7.47. The Morgan fingerprint density at radius 3 is 2.40 bits per heavy atom. The van der Waals surface area contributed by atoms with Crippen molar-refractivity contribution < 1.29 is 22.7 Å². The number of benzene rings is 2. The highest BCUT2D eigenvalue weighted by Crippen LogP contribution is 2.33. The number of piperazine rings is 1. The number of aryl methyl sites for hydroxylation is 1. The van der Waals surface area contributed by atoms with Gasteiger partial charge in [0, 0.05) is 31.7 Å². The van der Waals surface area contributed by atoms with E-state index in [9.17, 15) is 18.0 Å². The zero-order valence-electron chi connectivity index (χ0n) is 16.8. The highest BCUT2D eigenvalue weighted by molar-refractivity contribution is 7.89. The second-order valence-corrected chi connectivity index (χ2v) is 9.41. The Hall–Kier alpha value is -2.91. The highest BCUT2D eigenvalue weighted by atomic mass is 32.2. The maximum atomic E-state index is 13.1. The molecule has 1 saturated heterocycles. The Morgan fingerprint density at radius 2 is 1.73 bits per heavy atom. The van der Waals surface area contributed by atoms with E-state index in [2.05, 4.69) is 5.32 Å². The molecule has 1 fully saturated rings. The van der Waals surface area contributed by atoms with Crippen molar-refractivity contribution in [3.63, 3.8) is 0 Å². The molecule has 0 aliphatic carbocycles. The Bertz CT molecular complexity index is 1090. The quantitative estimate of drug-likeness (QED) is 0.804. The van der Waals surface area contributed by atoms with Crippen LogP contribution in [0.4, 0.5) is 5.69 Å². The first-order valence-corrected chi connectivity index (χ1v) is 11.2. The molecule has 2 aromatic carbocycles. The number of carbonyl (C=O) groups is 2. The molecule has 2 aliphatic heterocycles. The van der Waals surface area contributed by atoms with Gasteiger partial charge in [-0.15, -0.1) is 0 Å². The van der Waals surface area contributed by atoms with Gasteiger partial charge in [-0.2, -0.15) is 4.31 Å². The number of nitrogens with one attached hydrogen (secondary N) is 1. The minimum absolute atomic E-state index is 0.0815. The molecule has 9 heteroatoms. The lowest BCUT2D eigenvalue weighted by Gasteiger charge is -2.34. The van der Waals surface area contributed by atoms with Crippen molar-refractivity contribution in [3.05, 3.63) is 53.6 Å². The SMILES string of the molecule is Cc1ccc(C(=O)N2CCN(S(=O)(=O)c3ccc4c(c3)NC(=O)[C@@H](C)O4)CC2)cc1. The molecule has 2 aromatic rings. The van der Waals surface area contributed by atoms with Crippen LogP contribution < -0.4 is 10.1 Å². The van der Waals surface area contributed by atoms with E-state index in [-0.39, 0.29) is 29.8 Å². The van der Waals surface area contributed by atoms with Gasteiger partial charge < -0.3 is 15.0 Å². The smallest absolute Gasteiger partial charge is 0.265 e. The number of ether oxygens (including phenoxy) is 1. The van der Waals surface area contributed by atoms with E-state index in [4.69, 9.17) is 4.74 Å². The summed E-state index contributed by atoms with van der Waals surface area (Å²) in [4.78, 5) is 26.2. The minimum Gasteiger partial charge on any atom is -0.479 e. The number of hydrogen-bond acceptors (Lipinski definition) is 5. The number of carbonyl (C=O) groups excluding carboxylic acids is 2. The Morgan fingerprint density at radius 1 is 1.07 bits per heavy atom. The third-order valence-electron chi connectivity index (χ3n) is 5.34. The normalized spacial score (nSPS) is 19.6. The molecule has 4 rings (SSSR count). The van der Waals surface area contributed by atoms with Crippen LogP contribution in [0, 0.1) is 6.92 Å². The topological polar surface area (TPSA) is 96.0 Å². The molecule has 0 radical (unpaired) electrons. The molecule has 1 N–H and O–H groups in total. The van der Waals surface area contributed by atoms with Crippen LogP contribution in [0.5, 0.6) is 5.75 Å². The van der Waals surface area contributed by atoms with Crippen molar-refractivity contribution in [2.24, 2.45) is 0 Å². The van der Waals surface area contributed by atoms with Crippen LogP contribution in [0.1, 0.15) is 22.8 Å². The van der Waals surface area contributed by atoms with Gasteiger partial charge >= 0.3 is 0 Å². The molecule has 0 spiro atoms. The summed E-state index contributed by atoms with van der Waals surface area (Å²) in [6, 6.07) is 11.8. The van der Waals surface area contributed by atoms with Crippen molar-refractivity contribution in [1.82, 2.24) is 9.21 Å². The van der Waals surface area contributed by atoms with Crippen molar-refractivity contribution in [3.8, 4) is 5.75 Å². The van der Waals surface area contributed by atoms with Gasteiger partial charge in [0.25, 0.3) is 11.8 Å². The molecule has 1 atom stereocenters.